The maximum Gasteiger partial charge on any atom is 0.325 e. The van der Waals surface area contributed by atoms with Crippen LogP contribution in [0.1, 0.15) is 25.3 Å². The second-order valence-corrected chi connectivity index (χ2v) is 3.82. The fraction of sp³-hybridized carbons (Fsp3) is 0.385. The number of aliphatic carboxylic acids is 1. The monoisotopic (exact) mass is 250 g/mol. The van der Waals surface area contributed by atoms with Gasteiger partial charge in [-0.15, -0.1) is 0 Å². The molecule has 3 N–H and O–H groups in total. The Bertz CT molecular complexity index is 413. The zero-order valence-corrected chi connectivity index (χ0v) is 10.4. The highest BCUT2D eigenvalue weighted by Crippen LogP contribution is 2.12. The molecule has 0 aliphatic carbocycles. The minimum absolute atomic E-state index is 0.220. The maximum absolute atomic E-state index is 10.4. The molecular weight excluding hydrogens is 232 g/mol. The summed E-state index contributed by atoms with van der Waals surface area (Å²) in [6, 6.07) is 7.13. The lowest BCUT2D eigenvalue weighted by molar-refractivity contribution is -0.135. The van der Waals surface area contributed by atoms with Crippen molar-refractivity contribution in [1.29, 1.82) is 0 Å². The lowest BCUT2D eigenvalue weighted by Crippen LogP contribution is -2.15. The van der Waals surface area contributed by atoms with E-state index in [4.69, 9.17) is 15.6 Å². The van der Waals surface area contributed by atoms with Crippen LogP contribution in [0, 0.1) is 0 Å². The van der Waals surface area contributed by atoms with Crippen LogP contribution in [0.25, 0.3) is 0 Å². The summed E-state index contributed by atoms with van der Waals surface area (Å²) in [7, 11) is 0. The molecule has 0 amide bonds. The fourth-order valence-corrected chi connectivity index (χ4v) is 1.30. The minimum Gasteiger partial charge on any atom is -0.494 e. The summed E-state index contributed by atoms with van der Waals surface area (Å²) in [5.74, 6) is -0.00629. The first kappa shape index (κ1) is 14.0. The number of benzene rings is 1. The summed E-state index contributed by atoms with van der Waals surface area (Å²) in [6.45, 7) is 2.48. The van der Waals surface area contributed by atoms with Crippen LogP contribution in [-0.2, 0) is 4.79 Å². The van der Waals surface area contributed by atoms with Crippen molar-refractivity contribution in [1.82, 2.24) is 0 Å². The van der Waals surface area contributed by atoms with Crippen LogP contribution in [0.15, 0.2) is 29.3 Å². The van der Waals surface area contributed by atoms with Crippen LogP contribution in [0.4, 0.5) is 0 Å². The Balaban J connectivity index is 2.59. The van der Waals surface area contributed by atoms with Crippen LogP contribution < -0.4 is 10.5 Å². The average Bonchev–Trinajstić information content (AvgIpc) is 2.37. The summed E-state index contributed by atoms with van der Waals surface area (Å²) in [5, 5.41) is 8.49. The highest BCUT2D eigenvalue weighted by molar-refractivity contribution is 5.98. The molecule has 0 atom stereocenters. The molecule has 0 saturated carbocycles. The van der Waals surface area contributed by atoms with Gasteiger partial charge in [0.2, 0.25) is 0 Å². The van der Waals surface area contributed by atoms with E-state index in [1.54, 1.807) is 24.3 Å². The lowest BCUT2D eigenvalue weighted by atomic mass is 10.2. The van der Waals surface area contributed by atoms with Gasteiger partial charge >= 0.3 is 5.97 Å². The summed E-state index contributed by atoms with van der Waals surface area (Å²) in [5.41, 5.74) is 6.35. The van der Waals surface area contributed by atoms with Gasteiger partial charge in [0, 0.05) is 5.56 Å². The molecule has 0 radical (unpaired) electrons. The number of hydrogen-bond donors (Lipinski definition) is 2. The third kappa shape index (κ3) is 4.86. The normalized spacial score (nSPS) is 11.3. The van der Waals surface area contributed by atoms with Crippen molar-refractivity contribution in [3.8, 4) is 5.75 Å². The molecule has 0 heterocycles. The van der Waals surface area contributed by atoms with E-state index in [2.05, 4.69) is 11.9 Å². The van der Waals surface area contributed by atoms with E-state index in [1.807, 2.05) is 0 Å². The van der Waals surface area contributed by atoms with Crippen molar-refractivity contribution in [2.24, 2.45) is 10.7 Å². The number of carboxylic acid groups (broad SMARTS) is 1. The molecule has 1 aromatic rings. The Hall–Kier alpha value is -2.04. The lowest BCUT2D eigenvalue weighted by Gasteiger charge is -2.06. The maximum atomic E-state index is 10.4. The van der Waals surface area contributed by atoms with Gasteiger partial charge in [-0.3, -0.25) is 9.79 Å². The molecule has 0 saturated heterocycles. The topological polar surface area (TPSA) is 84.9 Å². The van der Waals surface area contributed by atoms with E-state index in [9.17, 15) is 4.79 Å². The second-order valence-electron chi connectivity index (χ2n) is 3.82. The summed E-state index contributed by atoms with van der Waals surface area (Å²) in [4.78, 5) is 14.1. The van der Waals surface area contributed by atoms with Gasteiger partial charge in [-0.25, -0.2) is 0 Å². The highest BCUT2D eigenvalue weighted by atomic mass is 16.5. The number of aliphatic imine (C=N–C) groups is 1. The predicted molar refractivity (Wildman–Crippen MR) is 70.1 cm³/mol. The second kappa shape index (κ2) is 7.32. The Morgan fingerprint density at radius 2 is 2.06 bits per heavy atom. The standard InChI is InChI=1S/C13H18N2O3/c1-2-3-8-18-11-6-4-10(5-7-11)13(14)15-9-12(16)17/h4-7H,2-3,8-9H2,1H3,(H2,14,15)(H,16,17). The Morgan fingerprint density at radius 3 is 2.61 bits per heavy atom. The molecule has 0 unspecified atom stereocenters. The van der Waals surface area contributed by atoms with E-state index < -0.39 is 5.97 Å². The molecule has 1 aromatic carbocycles. The molecule has 0 aliphatic heterocycles. The van der Waals surface area contributed by atoms with Crippen molar-refractivity contribution >= 4 is 11.8 Å². The zero-order chi connectivity index (χ0) is 13.4. The number of nitrogens with two attached hydrogens (primary N) is 1. The largest absolute Gasteiger partial charge is 0.494 e. The van der Waals surface area contributed by atoms with Gasteiger partial charge in [0.1, 0.15) is 18.1 Å². The van der Waals surface area contributed by atoms with Gasteiger partial charge < -0.3 is 15.6 Å². The Morgan fingerprint density at radius 1 is 1.39 bits per heavy atom. The highest BCUT2D eigenvalue weighted by Gasteiger charge is 2.01. The molecule has 0 aromatic heterocycles. The molecule has 5 heteroatoms. The van der Waals surface area contributed by atoms with Gasteiger partial charge in [-0.2, -0.15) is 0 Å². The number of carboxylic acids is 1. The zero-order valence-electron chi connectivity index (χ0n) is 10.4. The molecule has 0 bridgehead atoms. The molecule has 5 nitrogen and oxygen atoms in total. The van der Waals surface area contributed by atoms with Crippen LogP contribution in [0.2, 0.25) is 0 Å². The van der Waals surface area contributed by atoms with E-state index in [0.717, 1.165) is 18.6 Å². The van der Waals surface area contributed by atoms with E-state index >= 15 is 0 Å². The van der Waals surface area contributed by atoms with Gasteiger partial charge in [-0.05, 0) is 30.7 Å². The Labute approximate surface area is 106 Å². The third-order valence-electron chi connectivity index (χ3n) is 2.30. The molecule has 18 heavy (non-hydrogen) atoms. The molecule has 0 fully saturated rings. The predicted octanol–water partition coefficient (Wildman–Crippen LogP) is 1.66. The first-order chi connectivity index (χ1) is 8.63. The van der Waals surface area contributed by atoms with E-state index in [0.29, 0.717) is 12.2 Å². The number of hydrogen-bond acceptors (Lipinski definition) is 3. The van der Waals surface area contributed by atoms with Crippen molar-refractivity contribution < 1.29 is 14.6 Å². The third-order valence-corrected chi connectivity index (χ3v) is 2.30. The number of ether oxygens (including phenoxy) is 1. The SMILES string of the molecule is CCCCOc1ccc(C(N)=NCC(=O)O)cc1. The molecule has 98 valence electrons. The first-order valence-electron chi connectivity index (χ1n) is 5.88. The van der Waals surface area contributed by atoms with E-state index in [1.165, 1.54) is 0 Å². The Kier molecular flexibility index (Phi) is 5.70. The number of carbonyl (C=O) groups is 1. The van der Waals surface area contributed by atoms with Crippen LogP contribution >= 0.6 is 0 Å². The quantitative estimate of drug-likeness (QED) is 0.438. The molecular formula is C13H18N2O3. The summed E-state index contributed by atoms with van der Waals surface area (Å²) in [6.07, 6.45) is 2.11. The smallest absolute Gasteiger partial charge is 0.325 e. The van der Waals surface area contributed by atoms with Crippen molar-refractivity contribution in [3.63, 3.8) is 0 Å². The summed E-state index contributed by atoms with van der Waals surface area (Å²) >= 11 is 0. The first-order valence-corrected chi connectivity index (χ1v) is 5.88. The number of amidine groups is 1. The fourth-order valence-electron chi connectivity index (χ4n) is 1.30. The van der Waals surface area contributed by atoms with Crippen LogP contribution in [-0.4, -0.2) is 30.1 Å². The molecule has 0 spiro atoms. The van der Waals surface area contributed by atoms with Crippen LogP contribution in [0.5, 0.6) is 5.75 Å². The van der Waals surface area contributed by atoms with Gasteiger partial charge in [0.25, 0.3) is 0 Å². The van der Waals surface area contributed by atoms with Gasteiger partial charge in [0.05, 0.1) is 6.61 Å². The van der Waals surface area contributed by atoms with Gasteiger partial charge in [0.15, 0.2) is 0 Å². The average molecular weight is 250 g/mol. The van der Waals surface area contributed by atoms with E-state index in [-0.39, 0.29) is 12.4 Å². The summed E-state index contributed by atoms with van der Waals surface area (Å²) < 4.78 is 5.50. The van der Waals surface area contributed by atoms with Crippen molar-refractivity contribution in [2.75, 3.05) is 13.2 Å². The van der Waals surface area contributed by atoms with Crippen LogP contribution in [0.3, 0.4) is 0 Å². The molecule has 1 rings (SSSR count). The number of nitrogens with zero attached hydrogens (tertiary/aromatic N) is 1. The number of rotatable bonds is 7. The molecule has 0 aliphatic rings. The number of unbranched alkanes of at least 4 members (excludes halogenated alkanes) is 1. The van der Waals surface area contributed by atoms with Gasteiger partial charge in [-0.1, -0.05) is 13.3 Å². The minimum atomic E-state index is -1.00. The van der Waals surface area contributed by atoms with Crippen molar-refractivity contribution in [3.05, 3.63) is 29.8 Å². The van der Waals surface area contributed by atoms with Crippen molar-refractivity contribution in [2.45, 2.75) is 19.8 Å².